The average Bonchev–Trinajstić information content (AvgIpc) is 2.79. The van der Waals surface area contributed by atoms with Crippen LogP contribution in [0.25, 0.3) is 11.3 Å². The number of hydrogen-bond acceptors (Lipinski definition) is 2. The van der Waals surface area contributed by atoms with E-state index in [0.29, 0.717) is 12.5 Å². The second kappa shape index (κ2) is 5.67. The summed E-state index contributed by atoms with van der Waals surface area (Å²) in [5.74, 6) is 1.74. The Morgan fingerprint density at radius 3 is 2.78 bits per heavy atom. The Hall–Kier alpha value is -1.13. The van der Waals surface area contributed by atoms with Crippen molar-refractivity contribution < 1.29 is 0 Å². The maximum absolute atomic E-state index is 5.81. The highest BCUT2D eigenvalue weighted by molar-refractivity contribution is 9.10. The Balaban J connectivity index is 2.30. The van der Waals surface area contributed by atoms with E-state index in [1.807, 2.05) is 18.3 Å². The van der Waals surface area contributed by atoms with Crippen molar-refractivity contribution in [2.45, 2.75) is 19.8 Å². The number of benzene rings is 1. The van der Waals surface area contributed by atoms with Crippen molar-refractivity contribution in [2.75, 3.05) is 6.54 Å². The minimum atomic E-state index is 0.283. The Morgan fingerprint density at radius 1 is 1.39 bits per heavy atom. The van der Waals surface area contributed by atoms with Crippen LogP contribution in [0, 0.1) is 5.92 Å². The molecule has 96 valence electrons. The smallest absolute Gasteiger partial charge is 0.111 e. The molecular formula is C14H18BrN3. The minimum absolute atomic E-state index is 0.283. The second-order valence-corrected chi connectivity index (χ2v) is 5.69. The predicted molar refractivity (Wildman–Crippen MR) is 78.4 cm³/mol. The topological polar surface area (TPSA) is 54.7 Å². The van der Waals surface area contributed by atoms with Crippen LogP contribution in [0.15, 0.2) is 34.9 Å². The molecule has 0 aliphatic rings. The molecule has 1 aromatic carbocycles. The quantitative estimate of drug-likeness (QED) is 0.907. The number of nitrogens with one attached hydrogen (secondary N) is 1. The van der Waals surface area contributed by atoms with Crippen LogP contribution in [0.4, 0.5) is 0 Å². The molecule has 1 atom stereocenters. The van der Waals surface area contributed by atoms with Gasteiger partial charge in [0.15, 0.2) is 0 Å². The second-order valence-electron chi connectivity index (χ2n) is 4.78. The van der Waals surface area contributed by atoms with Crippen LogP contribution in [-0.4, -0.2) is 16.5 Å². The van der Waals surface area contributed by atoms with Crippen molar-refractivity contribution >= 4 is 15.9 Å². The number of aromatic amines is 1. The molecule has 4 heteroatoms. The summed E-state index contributed by atoms with van der Waals surface area (Å²) in [7, 11) is 0. The SMILES string of the molecule is CC(C)C(CN)c1ncc(-c2cccc(Br)c2)[nH]1. The number of hydrogen-bond donors (Lipinski definition) is 2. The zero-order chi connectivity index (χ0) is 13.1. The molecule has 0 saturated heterocycles. The first-order valence-electron chi connectivity index (χ1n) is 6.12. The summed E-state index contributed by atoms with van der Waals surface area (Å²) in [6.45, 7) is 4.95. The summed E-state index contributed by atoms with van der Waals surface area (Å²) in [4.78, 5) is 7.84. The van der Waals surface area contributed by atoms with Crippen LogP contribution < -0.4 is 5.73 Å². The molecule has 18 heavy (non-hydrogen) atoms. The molecule has 1 heterocycles. The Kier molecular flexibility index (Phi) is 4.19. The fourth-order valence-corrected chi connectivity index (χ4v) is 2.43. The number of nitrogens with two attached hydrogens (primary N) is 1. The van der Waals surface area contributed by atoms with Crippen molar-refractivity contribution in [3.8, 4) is 11.3 Å². The molecule has 0 amide bonds. The lowest BCUT2D eigenvalue weighted by Crippen LogP contribution is -2.19. The van der Waals surface area contributed by atoms with E-state index in [2.05, 4.69) is 51.9 Å². The summed E-state index contributed by atoms with van der Waals surface area (Å²) >= 11 is 3.48. The van der Waals surface area contributed by atoms with E-state index in [4.69, 9.17) is 5.73 Å². The van der Waals surface area contributed by atoms with Gasteiger partial charge in [0.25, 0.3) is 0 Å². The number of rotatable bonds is 4. The zero-order valence-electron chi connectivity index (χ0n) is 10.7. The van der Waals surface area contributed by atoms with E-state index in [1.54, 1.807) is 0 Å². The van der Waals surface area contributed by atoms with E-state index in [1.165, 1.54) is 0 Å². The number of aromatic nitrogens is 2. The summed E-state index contributed by atoms with van der Waals surface area (Å²) in [6, 6.07) is 8.17. The van der Waals surface area contributed by atoms with E-state index < -0.39 is 0 Å². The van der Waals surface area contributed by atoms with Crippen molar-refractivity contribution in [3.05, 3.63) is 40.8 Å². The zero-order valence-corrected chi connectivity index (χ0v) is 12.2. The standard InChI is InChI=1S/C14H18BrN3/c1-9(2)12(7-16)14-17-8-13(18-14)10-4-3-5-11(15)6-10/h3-6,8-9,12H,7,16H2,1-2H3,(H,17,18). The molecule has 1 unspecified atom stereocenters. The lowest BCUT2D eigenvalue weighted by atomic mass is 9.95. The highest BCUT2D eigenvalue weighted by Crippen LogP contribution is 2.25. The van der Waals surface area contributed by atoms with Gasteiger partial charge in [0.2, 0.25) is 0 Å². The van der Waals surface area contributed by atoms with Crippen LogP contribution in [0.1, 0.15) is 25.6 Å². The highest BCUT2D eigenvalue weighted by Gasteiger charge is 2.17. The third-order valence-electron chi connectivity index (χ3n) is 3.14. The van der Waals surface area contributed by atoms with Gasteiger partial charge in [-0.3, -0.25) is 0 Å². The fourth-order valence-electron chi connectivity index (χ4n) is 2.03. The Morgan fingerprint density at radius 2 is 2.17 bits per heavy atom. The van der Waals surface area contributed by atoms with Gasteiger partial charge in [-0.1, -0.05) is 41.9 Å². The van der Waals surface area contributed by atoms with Gasteiger partial charge in [0.1, 0.15) is 5.82 Å². The van der Waals surface area contributed by atoms with Crippen molar-refractivity contribution in [3.63, 3.8) is 0 Å². The van der Waals surface area contributed by atoms with Gasteiger partial charge < -0.3 is 10.7 Å². The fraction of sp³-hybridized carbons (Fsp3) is 0.357. The first-order valence-corrected chi connectivity index (χ1v) is 6.92. The Bertz CT molecular complexity index is 519. The molecule has 1 aromatic heterocycles. The summed E-state index contributed by atoms with van der Waals surface area (Å²) in [5, 5.41) is 0. The van der Waals surface area contributed by atoms with Crippen LogP contribution in [0.5, 0.6) is 0 Å². The molecule has 0 fully saturated rings. The van der Waals surface area contributed by atoms with Gasteiger partial charge in [-0.25, -0.2) is 4.98 Å². The molecule has 0 aliphatic carbocycles. The third-order valence-corrected chi connectivity index (χ3v) is 3.63. The molecule has 2 rings (SSSR count). The summed E-state index contributed by atoms with van der Waals surface area (Å²) in [5.41, 5.74) is 7.97. The molecule has 0 aliphatic heterocycles. The Labute approximate surface area is 116 Å². The first-order chi connectivity index (χ1) is 8.61. The minimum Gasteiger partial charge on any atom is -0.342 e. The van der Waals surface area contributed by atoms with Crippen LogP contribution in [0.2, 0.25) is 0 Å². The molecule has 0 bridgehead atoms. The first kappa shape index (κ1) is 13.3. The van der Waals surface area contributed by atoms with Crippen molar-refractivity contribution in [1.82, 2.24) is 9.97 Å². The number of H-pyrrole nitrogens is 1. The molecule has 3 N–H and O–H groups in total. The molecule has 0 spiro atoms. The molecule has 0 saturated carbocycles. The van der Waals surface area contributed by atoms with Gasteiger partial charge in [-0.2, -0.15) is 0 Å². The van der Waals surface area contributed by atoms with Crippen molar-refractivity contribution in [2.24, 2.45) is 11.7 Å². The van der Waals surface area contributed by atoms with Gasteiger partial charge in [0, 0.05) is 22.5 Å². The van der Waals surface area contributed by atoms with Crippen molar-refractivity contribution in [1.29, 1.82) is 0 Å². The van der Waals surface area contributed by atoms with Gasteiger partial charge in [-0.05, 0) is 18.1 Å². The maximum Gasteiger partial charge on any atom is 0.111 e. The third kappa shape index (κ3) is 2.82. The predicted octanol–water partition coefficient (Wildman–Crippen LogP) is 3.54. The maximum atomic E-state index is 5.81. The van der Waals surface area contributed by atoms with Crippen LogP contribution in [0.3, 0.4) is 0 Å². The normalized spacial score (nSPS) is 12.9. The summed E-state index contributed by atoms with van der Waals surface area (Å²) in [6.07, 6.45) is 1.88. The molecular weight excluding hydrogens is 290 g/mol. The van der Waals surface area contributed by atoms with Gasteiger partial charge in [0.05, 0.1) is 11.9 Å². The average molecular weight is 308 g/mol. The lowest BCUT2D eigenvalue weighted by Gasteiger charge is -2.15. The molecule has 0 radical (unpaired) electrons. The largest absolute Gasteiger partial charge is 0.342 e. The molecule has 2 aromatic rings. The summed E-state index contributed by atoms with van der Waals surface area (Å²) < 4.78 is 1.07. The number of nitrogens with zero attached hydrogens (tertiary/aromatic N) is 1. The van der Waals surface area contributed by atoms with Crippen LogP contribution in [-0.2, 0) is 0 Å². The van der Waals surface area contributed by atoms with Crippen LogP contribution >= 0.6 is 15.9 Å². The highest BCUT2D eigenvalue weighted by atomic mass is 79.9. The van der Waals surface area contributed by atoms with Gasteiger partial charge >= 0.3 is 0 Å². The van der Waals surface area contributed by atoms with Gasteiger partial charge in [-0.15, -0.1) is 0 Å². The van der Waals surface area contributed by atoms with E-state index in [9.17, 15) is 0 Å². The number of halogens is 1. The monoisotopic (exact) mass is 307 g/mol. The van der Waals surface area contributed by atoms with E-state index in [0.717, 1.165) is 21.6 Å². The lowest BCUT2D eigenvalue weighted by molar-refractivity contribution is 0.487. The molecule has 3 nitrogen and oxygen atoms in total. The van der Waals surface area contributed by atoms with E-state index >= 15 is 0 Å². The van der Waals surface area contributed by atoms with E-state index in [-0.39, 0.29) is 5.92 Å². The number of imidazole rings is 1.